The molecule has 0 aliphatic rings. The molecular weight excluding hydrogens is 318 g/mol. The average molecular weight is 332 g/mol. The summed E-state index contributed by atoms with van der Waals surface area (Å²) < 4.78 is 31.1. The Kier molecular flexibility index (Phi) is 6.42. The fraction of sp³-hybridized carbons (Fsp3) is 0.333. The monoisotopic (exact) mass is 331 g/mol. The molecule has 1 N–H and O–H groups in total. The van der Waals surface area contributed by atoms with Gasteiger partial charge >= 0.3 is 16.3 Å². The van der Waals surface area contributed by atoms with Crippen LogP contribution in [0.3, 0.4) is 0 Å². The number of benzene rings is 1. The van der Waals surface area contributed by atoms with Gasteiger partial charge in [-0.3, -0.25) is 0 Å². The summed E-state index contributed by atoms with van der Waals surface area (Å²) in [6.45, 7) is -0.198. The Morgan fingerprint density at radius 1 is 1.48 bits per heavy atom. The SMILES string of the molecule is CN(C(=O)OCCCl)S(=O)(=O)NCc1ccccc1C#N. The zero-order valence-electron chi connectivity index (χ0n) is 11.2. The molecule has 7 nitrogen and oxygen atoms in total. The number of nitrogens with one attached hydrogen (secondary N) is 1. The predicted molar refractivity (Wildman–Crippen MR) is 76.7 cm³/mol. The smallest absolute Gasteiger partial charge is 0.424 e. The standard InChI is InChI=1S/C12H14ClN3O4S/c1-16(12(17)20-7-6-13)21(18,19)15-9-11-5-3-2-4-10(11)8-14/h2-5,15H,6-7,9H2,1H3. The van der Waals surface area contributed by atoms with Crippen molar-refractivity contribution in [2.45, 2.75) is 6.54 Å². The van der Waals surface area contributed by atoms with Gasteiger partial charge in [0.1, 0.15) is 6.61 Å². The van der Waals surface area contributed by atoms with Crippen molar-refractivity contribution in [2.75, 3.05) is 19.5 Å². The third kappa shape index (κ3) is 4.90. The van der Waals surface area contributed by atoms with E-state index in [1.54, 1.807) is 24.3 Å². The fourth-order valence-electron chi connectivity index (χ4n) is 1.36. The second-order valence-electron chi connectivity index (χ2n) is 3.87. The number of carbonyl (C=O) groups is 1. The summed E-state index contributed by atoms with van der Waals surface area (Å²) in [5.41, 5.74) is 0.860. The number of ether oxygens (including phenoxy) is 1. The number of rotatable bonds is 6. The van der Waals surface area contributed by atoms with Gasteiger partial charge in [0.15, 0.2) is 0 Å². The first-order valence-corrected chi connectivity index (χ1v) is 7.84. The van der Waals surface area contributed by atoms with E-state index in [4.69, 9.17) is 16.9 Å². The van der Waals surface area contributed by atoms with E-state index in [2.05, 4.69) is 9.46 Å². The summed E-state index contributed by atoms with van der Waals surface area (Å²) in [4.78, 5) is 11.5. The van der Waals surface area contributed by atoms with E-state index in [-0.39, 0.29) is 19.0 Å². The van der Waals surface area contributed by atoms with Gasteiger partial charge in [-0.2, -0.15) is 22.7 Å². The first-order valence-electron chi connectivity index (χ1n) is 5.86. The Bertz CT molecular complexity index is 642. The van der Waals surface area contributed by atoms with Crippen molar-refractivity contribution in [1.29, 1.82) is 5.26 Å². The molecule has 0 bridgehead atoms. The number of amides is 1. The molecule has 0 aromatic heterocycles. The number of halogens is 1. The zero-order chi connectivity index (χ0) is 15.9. The maximum absolute atomic E-state index is 11.9. The van der Waals surface area contributed by atoms with E-state index in [9.17, 15) is 13.2 Å². The van der Waals surface area contributed by atoms with E-state index >= 15 is 0 Å². The van der Waals surface area contributed by atoms with Crippen LogP contribution in [0.1, 0.15) is 11.1 Å². The van der Waals surface area contributed by atoms with Crippen LogP contribution >= 0.6 is 11.6 Å². The van der Waals surface area contributed by atoms with E-state index in [0.29, 0.717) is 15.4 Å². The molecule has 0 heterocycles. The Labute approximate surface area is 128 Å². The molecule has 0 spiro atoms. The molecule has 1 aromatic carbocycles. The second kappa shape index (κ2) is 7.83. The molecular formula is C12H14ClN3O4S. The lowest BCUT2D eigenvalue weighted by atomic mass is 10.1. The molecule has 0 aliphatic heterocycles. The fourth-order valence-corrected chi connectivity index (χ4v) is 2.22. The summed E-state index contributed by atoms with van der Waals surface area (Å²) in [5, 5.41) is 8.92. The van der Waals surface area contributed by atoms with Crippen LogP contribution in [0.2, 0.25) is 0 Å². The van der Waals surface area contributed by atoms with Crippen LogP contribution in [-0.4, -0.2) is 38.4 Å². The van der Waals surface area contributed by atoms with Gasteiger partial charge in [-0.1, -0.05) is 18.2 Å². The highest BCUT2D eigenvalue weighted by Crippen LogP contribution is 2.08. The molecule has 1 amide bonds. The van der Waals surface area contributed by atoms with E-state index < -0.39 is 16.3 Å². The summed E-state index contributed by atoms with van der Waals surface area (Å²) in [6, 6.07) is 8.50. The summed E-state index contributed by atoms with van der Waals surface area (Å²) in [5.74, 6) is 0.0720. The molecule has 0 unspecified atom stereocenters. The topological polar surface area (TPSA) is 99.5 Å². The van der Waals surface area contributed by atoms with Gasteiger partial charge in [0.25, 0.3) is 0 Å². The molecule has 0 aliphatic carbocycles. The quantitative estimate of drug-likeness (QED) is 0.789. The van der Waals surface area contributed by atoms with Gasteiger partial charge in [0, 0.05) is 13.6 Å². The molecule has 1 rings (SSSR count). The Balaban J connectivity index is 2.73. The molecule has 21 heavy (non-hydrogen) atoms. The average Bonchev–Trinajstić information content (AvgIpc) is 2.50. The van der Waals surface area contributed by atoms with E-state index in [1.165, 1.54) is 0 Å². The lowest BCUT2D eigenvalue weighted by Gasteiger charge is -2.17. The van der Waals surface area contributed by atoms with Gasteiger partial charge in [-0.25, -0.2) is 4.79 Å². The highest BCUT2D eigenvalue weighted by atomic mass is 35.5. The van der Waals surface area contributed by atoms with Crippen molar-refractivity contribution in [2.24, 2.45) is 0 Å². The summed E-state index contributed by atoms with van der Waals surface area (Å²) >= 11 is 5.35. The largest absolute Gasteiger partial charge is 0.447 e. The highest BCUT2D eigenvalue weighted by Gasteiger charge is 2.24. The summed E-state index contributed by atoms with van der Waals surface area (Å²) in [6.07, 6.45) is -1.03. The normalized spacial score (nSPS) is 10.7. The first-order chi connectivity index (χ1) is 9.92. The Morgan fingerprint density at radius 3 is 2.76 bits per heavy atom. The van der Waals surface area contributed by atoms with Crippen molar-refractivity contribution < 1.29 is 17.9 Å². The molecule has 0 atom stereocenters. The maximum atomic E-state index is 11.9. The van der Waals surface area contributed by atoms with Crippen molar-refractivity contribution in [3.8, 4) is 6.07 Å². The minimum Gasteiger partial charge on any atom is -0.447 e. The number of hydrogen-bond donors (Lipinski definition) is 1. The number of nitriles is 1. The predicted octanol–water partition coefficient (Wildman–Crippen LogP) is 1.20. The number of hydrogen-bond acceptors (Lipinski definition) is 5. The maximum Gasteiger partial charge on any atom is 0.424 e. The first kappa shape index (κ1) is 17.2. The minimum absolute atomic E-state index is 0.0720. The van der Waals surface area contributed by atoms with Gasteiger partial charge in [0.05, 0.1) is 17.5 Å². The van der Waals surface area contributed by atoms with Crippen LogP contribution in [0.25, 0.3) is 0 Å². The number of alkyl halides is 1. The van der Waals surface area contributed by atoms with Crippen LogP contribution in [-0.2, 0) is 21.5 Å². The van der Waals surface area contributed by atoms with E-state index in [1.807, 2.05) is 6.07 Å². The minimum atomic E-state index is -4.06. The third-order valence-corrected chi connectivity index (χ3v) is 4.04. The van der Waals surface area contributed by atoms with Crippen molar-refractivity contribution >= 4 is 27.9 Å². The van der Waals surface area contributed by atoms with Crippen LogP contribution in [0, 0.1) is 11.3 Å². The Morgan fingerprint density at radius 2 is 2.14 bits per heavy atom. The summed E-state index contributed by atoms with van der Waals surface area (Å²) in [7, 11) is -2.99. The van der Waals surface area contributed by atoms with Gasteiger partial charge in [0.2, 0.25) is 0 Å². The van der Waals surface area contributed by atoms with Crippen LogP contribution in [0.5, 0.6) is 0 Å². The molecule has 0 saturated carbocycles. The lowest BCUT2D eigenvalue weighted by Crippen LogP contribution is -2.42. The number of nitrogens with zero attached hydrogens (tertiary/aromatic N) is 2. The van der Waals surface area contributed by atoms with Crippen molar-refractivity contribution in [1.82, 2.24) is 9.03 Å². The zero-order valence-corrected chi connectivity index (χ0v) is 12.8. The van der Waals surface area contributed by atoms with Gasteiger partial charge in [-0.15, -0.1) is 11.6 Å². The Hall–Kier alpha value is -1.82. The third-order valence-electron chi connectivity index (χ3n) is 2.50. The highest BCUT2D eigenvalue weighted by molar-refractivity contribution is 7.87. The molecule has 9 heteroatoms. The van der Waals surface area contributed by atoms with Gasteiger partial charge < -0.3 is 4.74 Å². The second-order valence-corrected chi connectivity index (χ2v) is 6.03. The lowest BCUT2D eigenvalue weighted by molar-refractivity contribution is 0.136. The molecule has 0 radical (unpaired) electrons. The van der Waals surface area contributed by atoms with Crippen LogP contribution in [0.15, 0.2) is 24.3 Å². The molecule has 0 saturated heterocycles. The van der Waals surface area contributed by atoms with Gasteiger partial charge in [-0.05, 0) is 11.6 Å². The van der Waals surface area contributed by atoms with Crippen molar-refractivity contribution in [3.63, 3.8) is 0 Å². The molecule has 0 fully saturated rings. The van der Waals surface area contributed by atoms with Crippen LogP contribution in [0.4, 0.5) is 4.79 Å². The van der Waals surface area contributed by atoms with Crippen LogP contribution < -0.4 is 4.72 Å². The number of carbonyl (C=O) groups excluding carboxylic acids is 1. The van der Waals surface area contributed by atoms with E-state index in [0.717, 1.165) is 7.05 Å². The molecule has 1 aromatic rings. The van der Waals surface area contributed by atoms with Crippen molar-refractivity contribution in [3.05, 3.63) is 35.4 Å². The molecule has 114 valence electrons.